The third-order valence-electron chi connectivity index (χ3n) is 14.2. The van der Waals surface area contributed by atoms with E-state index in [1.54, 1.807) is 80.9 Å². The van der Waals surface area contributed by atoms with Crippen LogP contribution in [0.3, 0.4) is 0 Å². The van der Waals surface area contributed by atoms with Crippen molar-refractivity contribution in [1.82, 2.24) is 40.0 Å². The number of rotatable bonds is 10. The van der Waals surface area contributed by atoms with Gasteiger partial charge in [-0.2, -0.15) is 0 Å². The Labute approximate surface area is 593 Å². The molecule has 23 nitrogen and oxygen atoms in total. The van der Waals surface area contributed by atoms with Crippen LogP contribution in [-0.2, 0) is 32.2 Å². The van der Waals surface area contributed by atoms with E-state index >= 15 is 0 Å². The molecule has 26 heteroatoms. The number of hydrogen-bond acceptors (Lipinski definition) is 19. The third-order valence-corrected chi connectivity index (χ3v) is 14.9. The van der Waals surface area contributed by atoms with Crippen molar-refractivity contribution in [2.75, 3.05) is 123 Å². The summed E-state index contributed by atoms with van der Waals surface area (Å²) >= 11 is 17.4. The summed E-state index contributed by atoms with van der Waals surface area (Å²) in [5.41, 5.74) is 13.2. The van der Waals surface area contributed by atoms with Gasteiger partial charge in [-0.15, -0.1) is 0 Å². The van der Waals surface area contributed by atoms with Gasteiger partial charge in [0.2, 0.25) is 0 Å². The lowest BCUT2D eigenvalue weighted by molar-refractivity contribution is 0.0585. The summed E-state index contributed by atoms with van der Waals surface area (Å²) in [6.07, 6.45) is 2.55. The molecule has 530 valence electrons. The van der Waals surface area contributed by atoms with Crippen molar-refractivity contribution in [3.8, 4) is 0 Å². The largest absolute Gasteiger partial charge is 0.445 e. The number of ether oxygens (including phenoxy) is 4. The van der Waals surface area contributed by atoms with Crippen molar-refractivity contribution >= 4 is 99.6 Å². The Hall–Kier alpha value is -8.90. The molecule has 4 amide bonds. The fourth-order valence-corrected chi connectivity index (χ4v) is 10.4. The molecule has 98 heavy (non-hydrogen) atoms. The number of hydrogen-bond donors (Lipinski definition) is 5. The zero-order chi connectivity index (χ0) is 72.0. The molecule has 3 saturated heterocycles. The second kappa shape index (κ2) is 40.1. The van der Waals surface area contributed by atoms with Gasteiger partial charge in [0.1, 0.15) is 53.5 Å². The van der Waals surface area contributed by atoms with E-state index in [4.69, 9.17) is 59.5 Å². The van der Waals surface area contributed by atoms with Gasteiger partial charge >= 0.3 is 24.4 Å². The van der Waals surface area contributed by atoms with Crippen LogP contribution in [0.4, 0.5) is 59.6 Å². The number of piperazine rings is 2. The molecule has 0 atom stereocenters. The lowest BCUT2D eigenvalue weighted by Gasteiger charge is -2.35. The summed E-state index contributed by atoms with van der Waals surface area (Å²) in [6.45, 7) is 29.4. The Bertz CT molecular complexity index is 3530. The highest BCUT2D eigenvalue weighted by molar-refractivity contribution is 6.31. The predicted molar refractivity (Wildman–Crippen MR) is 395 cm³/mol. The van der Waals surface area contributed by atoms with Crippen LogP contribution >= 0.6 is 34.8 Å². The minimum absolute atomic E-state index is 0.217. The molecule has 10 rings (SSSR count). The van der Waals surface area contributed by atoms with Crippen LogP contribution in [0.15, 0.2) is 121 Å². The maximum Gasteiger partial charge on any atom is 0.415 e. The Kier molecular flexibility index (Phi) is 32.6. The Morgan fingerprint density at radius 3 is 1.37 bits per heavy atom. The summed E-state index contributed by atoms with van der Waals surface area (Å²) < 4.78 is 21.0. The van der Waals surface area contributed by atoms with Crippen LogP contribution in [0.5, 0.6) is 0 Å². The standard InChI is InChI=1S/C19H24N4O2.C12H17ClN2O2.C12H19N3.C12H16N2O2.C11H15ClN2O2.C6H7ClN2/c1-15-12-17(13-18(20-2)21-15)22-8-10-23(11-9-22)19(24)25-14-16-6-4-3-5-7-16;1-8-6-9(13)7-10(14-8)15(5)11(16)17-12(2,3)4;1-10-8-11(9-12(13-2)14-10)15-6-4-3-5-7-15;15-12(14-8-6-13-7-9-14)16-10-11-4-2-1-3-5-11;1-7-5-8(12)6-9(13-7)14-10(15)16-11(2,3)4;1-4-2-5(7)3-6(8)9-4/h3-7,12-13H,8-11,14H2,1-2H3,(H,20,21);6-7H,1-5H3;8-9H,3-7H2,1-2H3,(H,13,14);1-5,13H,6-10H2;5-6H,1-4H3,(H,13,14,15);2-3H,1H3,(H2,8,9). The number of piperidine rings is 1. The number of benzene rings is 2. The van der Waals surface area contributed by atoms with E-state index in [-0.39, 0.29) is 12.2 Å². The lowest BCUT2D eigenvalue weighted by Crippen LogP contribution is -2.49. The molecule has 3 fully saturated rings. The highest BCUT2D eigenvalue weighted by atomic mass is 35.5. The number of anilines is 7. The summed E-state index contributed by atoms with van der Waals surface area (Å²) in [6, 6.07) is 37.9. The summed E-state index contributed by atoms with van der Waals surface area (Å²) in [4.78, 5) is 77.8. The van der Waals surface area contributed by atoms with Crippen LogP contribution in [0.2, 0.25) is 15.1 Å². The van der Waals surface area contributed by atoms with Gasteiger partial charge in [0, 0.05) is 154 Å². The quantitative estimate of drug-likeness (QED) is 0.0797. The first-order valence-corrected chi connectivity index (χ1v) is 33.7. The van der Waals surface area contributed by atoms with Crippen molar-refractivity contribution in [1.29, 1.82) is 0 Å². The van der Waals surface area contributed by atoms with Crippen LogP contribution in [-0.4, -0.2) is 157 Å². The second-order valence-corrected chi connectivity index (χ2v) is 26.5. The first-order chi connectivity index (χ1) is 46.4. The van der Waals surface area contributed by atoms with Crippen molar-refractivity contribution in [2.45, 2.75) is 120 Å². The molecule has 0 aliphatic carbocycles. The number of aryl methyl sites for hydroxylation is 5. The number of pyridine rings is 5. The van der Waals surface area contributed by atoms with E-state index in [2.05, 4.69) is 74.2 Å². The Morgan fingerprint density at radius 1 is 0.510 bits per heavy atom. The van der Waals surface area contributed by atoms with Gasteiger partial charge in [-0.25, -0.2) is 44.1 Å². The first kappa shape index (κ1) is 79.8. The molecule has 8 heterocycles. The zero-order valence-corrected chi connectivity index (χ0v) is 61.4. The minimum Gasteiger partial charge on any atom is -0.445 e. The average Bonchev–Trinajstić information content (AvgIpc) is 0.860. The number of amides is 4. The Morgan fingerprint density at radius 2 is 0.929 bits per heavy atom. The minimum atomic E-state index is -0.540. The number of nitrogens with one attached hydrogen (secondary N) is 4. The van der Waals surface area contributed by atoms with Crippen molar-refractivity contribution < 1.29 is 38.1 Å². The lowest BCUT2D eigenvalue weighted by atomic mass is 10.1. The monoisotopic (exact) mass is 1410 g/mol. The number of nitrogens with two attached hydrogens (primary N) is 1. The SMILES string of the molecule is CNc1cc(N2CCCCC2)cc(C)n1.CNc1cc(N2CCN(C(=O)OCc3ccccc3)CC2)cc(C)n1.Cc1cc(Cl)cc(N(C)C(=O)OC(C)(C)C)n1.Cc1cc(Cl)cc(N)n1.Cc1cc(Cl)cc(NC(=O)OC(C)(C)C)n1.O=C(OCc1ccccc1)N1CCNCC1. The van der Waals surface area contributed by atoms with E-state index in [0.717, 1.165) is 96.2 Å². The van der Waals surface area contributed by atoms with Gasteiger partial charge in [-0.3, -0.25) is 10.2 Å². The molecule has 3 aliphatic rings. The number of carbonyl (C=O) groups is 4. The smallest absolute Gasteiger partial charge is 0.415 e. The number of aromatic nitrogens is 5. The zero-order valence-electron chi connectivity index (χ0n) is 59.1. The van der Waals surface area contributed by atoms with E-state index in [1.807, 2.05) is 129 Å². The van der Waals surface area contributed by atoms with Gasteiger partial charge in [-0.05, 0) is 155 Å². The van der Waals surface area contributed by atoms with Crippen molar-refractivity contribution in [2.24, 2.45) is 0 Å². The maximum absolute atomic E-state index is 12.2. The molecular weight excluding hydrogens is 1310 g/mol. The Balaban J connectivity index is 0.000000217. The van der Waals surface area contributed by atoms with Crippen molar-refractivity contribution in [3.05, 3.63) is 176 Å². The van der Waals surface area contributed by atoms with Gasteiger partial charge in [0.15, 0.2) is 0 Å². The number of nitrogen functional groups attached to an aromatic ring is 1. The van der Waals surface area contributed by atoms with Crippen LogP contribution in [0.1, 0.15) is 100 Å². The summed E-state index contributed by atoms with van der Waals surface area (Å²) in [5, 5.41) is 13.6. The summed E-state index contributed by atoms with van der Waals surface area (Å²) in [7, 11) is 5.39. The predicted octanol–water partition coefficient (Wildman–Crippen LogP) is 15.0. The topological polar surface area (TPSA) is 260 Å². The fourth-order valence-electron chi connectivity index (χ4n) is 9.64. The molecule has 0 spiro atoms. The highest BCUT2D eigenvalue weighted by Gasteiger charge is 2.25. The summed E-state index contributed by atoms with van der Waals surface area (Å²) in [5.74, 6) is 3.17. The third kappa shape index (κ3) is 30.7. The average molecular weight is 1410 g/mol. The molecule has 7 aromatic rings. The van der Waals surface area contributed by atoms with Crippen LogP contribution < -0.4 is 41.7 Å². The number of halogens is 3. The van der Waals surface area contributed by atoms with E-state index in [1.165, 1.54) is 42.9 Å². The van der Waals surface area contributed by atoms with Gasteiger partial charge in [0.05, 0.1) is 0 Å². The molecule has 3 aliphatic heterocycles. The van der Waals surface area contributed by atoms with Gasteiger partial charge in [0.25, 0.3) is 0 Å². The van der Waals surface area contributed by atoms with E-state index in [9.17, 15) is 19.2 Å². The normalized spacial score (nSPS) is 13.4. The van der Waals surface area contributed by atoms with E-state index < -0.39 is 23.4 Å². The second-order valence-electron chi connectivity index (χ2n) is 25.2. The van der Waals surface area contributed by atoms with Gasteiger partial charge < -0.3 is 60.2 Å². The number of carbonyl (C=O) groups excluding carboxylic acids is 4. The van der Waals surface area contributed by atoms with Crippen LogP contribution in [0.25, 0.3) is 0 Å². The molecule has 2 aromatic carbocycles. The van der Waals surface area contributed by atoms with Crippen LogP contribution in [0, 0.1) is 34.6 Å². The highest BCUT2D eigenvalue weighted by Crippen LogP contribution is 2.25. The van der Waals surface area contributed by atoms with Crippen molar-refractivity contribution in [3.63, 3.8) is 0 Å². The molecule has 6 N–H and O–H groups in total. The molecular formula is C72H98Cl3N15O8. The first-order valence-electron chi connectivity index (χ1n) is 32.5. The number of nitrogens with zero attached hydrogens (tertiary/aromatic N) is 10. The van der Waals surface area contributed by atoms with Gasteiger partial charge in [-0.1, -0.05) is 95.5 Å². The molecule has 0 bridgehead atoms. The molecule has 0 unspecified atom stereocenters. The van der Waals surface area contributed by atoms with E-state index in [0.29, 0.717) is 58.8 Å². The molecule has 5 aromatic heterocycles. The fraction of sp³-hybridized carbons (Fsp3) is 0.431. The molecule has 0 saturated carbocycles. The molecule has 0 radical (unpaired) electrons. The maximum atomic E-state index is 12.2.